The van der Waals surface area contributed by atoms with Crippen LogP contribution in [0.1, 0.15) is 52.5 Å². The van der Waals surface area contributed by atoms with Gasteiger partial charge in [0.2, 0.25) is 15.9 Å². The number of carbonyl (C=O) groups excluding carboxylic acids is 1. The van der Waals surface area contributed by atoms with Crippen LogP contribution in [0, 0.1) is 23.7 Å². The lowest BCUT2D eigenvalue weighted by Gasteiger charge is -2.37. The summed E-state index contributed by atoms with van der Waals surface area (Å²) in [6, 6.07) is 10.0. The molecule has 6 heteroatoms. The molecule has 0 bridgehead atoms. The van der Waals surface area contributed by atoms with Gasteiger partial charge in [0.05, 0.1) is 5.75 Å². The number of rotatable bonds is 10. The molecular weight excluding hydrogens is 396 g/mol. The molecule has 1 aromatic rings. The monoisotopic (exact) mass is 434 g/mol. The second kappa shape index (κ2) is 11.1. The zero-order valence-corrected chi connectivity index (χ0v) is 19.9. The zero-order valence-electron chi connectivity index (χ0n) is 19.1. The van der Waals surface area contributed by atoms with Gasteiger partial charge in [-0.25, -0.2) is 13.1 Å². The Morgan fingerprint density at radius 1 is 1.23 bits per heavy atom. The van der Waals surface area contributed by atoms with Crippen molar-refractivity contribution in [1.82, 2.24) is 9.62 Å². The van der Waals surface area contributed by atoms with Gasteiger partial charge in [-0.1, -0.05) is 62.8 Å². The molecule has 168 valence electrons. The predicted octanol–water partition coefficient (Wildman–Crippen LogP) is 4.22. The molecule has 3 unspecified atom stereocenters. The molecular formula is C24H38N2O3S. The van der Waals surface area contributed by atoms with E-state index in [4.69, 9.17) is 0 Å². The quantitative estimate of drug-likeness (QED) is 0.561. The summed E-state index contributed by atoms with van der Waals surface area (Å²) in [5.74, 6) is 1.49. The molecule has 0 heterocycles. The highest BCUT2D eigenvalue weighted by molar-refractivity contribution is 7.89. The lowest BCUT2D eigenvalue weighted by atomic mass is 9.70. The van der Waals surface area contributed by atoms with Crippen LogP contribution in [0.3, 0.4) is 0 Å². The van der Waals surface area contributed by atoms with Crippen LogP contribution in [-0.4, -0.2) is 38.6 Å². The third-order valence-corrected chi connectivity index (χ3v) is 7.76. The minimum Gasteiger partial charge on any atom is -0.341 e. The fraction of sp³-hybridized carbons (Fsp3) is 0.625. The SMILES string of the molecule is CCCS(=O)(=O)NCC1C=C(C)C(CC(=O)N(C)Cc2ccccc2)CC1C(C)C. The second-order valence-electron chi connectivity index (χ2n) is 9.02. The Labute approximate surface area is 183 Å². The highest BCUT2D eigenvalue weighted by Gasteiger charge is 2.33. The van der Waals surface area contributed by atoms with E-state index in [0.29, 0.717) is 37.8 Å². The first-order valence-corrected chi connectivity index (χ1v) is 12.7. The van der Waals surface area contributed by atoms with Gasteiger partial charge in [0.15, 0.2) is 0 Å². The number of amides is 1. The van der Waals surface area contributed by atoms with E-state index in [1.54, 1.807) is 4.90 Å². The molecule has 5 nitrogen and oxygen atoms in total. The fourth-order valence-electron chi connectivity index (χ4n) is 4.38. The molecule has 1 amide bonds. The summed E-state index contributed by atoms with van der Waals surface area (Å²) < 4.78 is 27.0. The summed E-state index contributed by atoms with van der Waals surface area (Å²) >= 11 is 0. The Kier molecular flexibility index (Phi) is 9.10. The summed E-state index contributed by atoms with van der Waals surface area (Å²) in [5, 5.41) is 0. The van der Waals surface area contributed by atoms with Crippen molar-refractivity contribution in [3.63, 3.8) is 0 Å². The van der Waals surface area contributed by atoms with Gasteiger partial charge < -0.3 is 4.90 Å². The van der Waals surface area contributed by atoms with Gasteiger partial charge in [0.1, 0.15) is 0 Å². The summed E-state index contributed by atoms with van der Waals surface area (Å²) in [4.78, 5) is 14.7. The summed E-state index contributed by atoms with van der Waals surface area (Å²) in [7, 11) is -1.35. The lowest BCUT2D eigenvalue weighted by molar-refractivity contribution is -0.131. The van der Waals surface area contributed by atoms with E-state index in [9.17, 15) is 13.2 Å². The highest BCUT2D eigenvalue weighted by atomic mass is 32.2. The number of nitrogens with one attached hydrogen (secondary N) is 1. The summed E-state index contributed by atoms with van der Waals surface area (Å²) in [6.07, 6.45) is 4.25. The third-order valence-electron chi connectivity index (χ3n) is 6.20. The normalized spacial score (nSPS) is 22.1. The van der Waals surface area contributed by atoms with Crippen molar-refractivity contribution in [3.05, 3.63) is 47.5 Å². The van der Waals surface area contributed by atoms with Gasteiger partial charge in [-0.05, 0) is 49.0 Å². The van der Waals surface area contributed by atoms with Gasteiger partial charge in [-0.2, -0.15) is 0 Å². The van der Waals surface area contributed by atoms with E-state index in [1.165, 1.54) is 5.57 Å². The zero-order chi connectivity index (χ0) is 22.3. The van der Waals surface area contributed by atoms with Crippen molar-refractivity contribution >= 4 is 15.9 Å². The number of hydrogen-bond acceptors (Lipinski definition) is 3. The third kappa shape index (κ3) is 7.24. The molecule has 1 N–H and O–H groups in total. The van der Waals surface area contributed by atoms with Gasteiger partial charge >= 0.3 is 0 Å². The maximum atomic E-state index is 12.9. The van der Waals surface area contributed by atoms with Crippen molar-refractivity contribution in [2.24, 2.45) is 23.7 Å². The van der Waals surface area contributed by atoms with Crippen molar-refractivity contribution in [2.75, 3.05) is 19.3 Å². The van der Waals surface area contributed by atoms with Crippen LogP contribution in [0.5, 0.6) is 0 Å². The van der Waals surface area contributed by atoms with Crippen LogP contribution in [0.2, 0.25) is 0 Å². The first kappa shape index (κ1) is 24.6. The van der Waals surface area contributed by atoms with Crippen molar-refractivity contribution in [1.29, 1.82) is 0 Å². The number of allylic oxidation sites excluding steroid dienone is 1. The van der Waals surface area contributed by atoms with E-state index in [0.717, 1.165) is 12.0 Å². The van der Waals surface area contributed by atoms with Crippen LogP contribution in [0.4, 0.5) is 0 Å². The molecule has 0 saturated heterocycles. The standard InChI is InChI=1S/C24H38N2O3S/c1-6-12-30(28,29)25-16-22-13-19(4)21(14-23(22)18(2)3)15-24(27)26(5)17-20-10-8-7-9-11-20/h7-11,13,18,21-23,25H,6,12,14-17H2,1-5H3. The predicted molar refractivity (Wildman–Crippen MR) is 123 cm³/mol. The highest BCUT2D eigenvalue weighted by Crippen LogP contribution is 2.39. The maximum Gasteiger partial charge on any atom is 0.223 e. The van der Waals surface area contributed by atoms with Crippen LogP contribution in [0.25, 0.3) is 0 Å². The minimum absolute atomic E-state index is 0.154. The van der Waals surface area contributed by atoms with E-state index < -0.39 is 10.0 Å². The number of hydrogen-bond donors (Lipinski definition) is 1. The Morgan fingerprint density at radius 3 is 2.50 bits per heavy atom. The van der Waals surface area contributed by atoms with Crippen molar-refractivity contribution < 1.29 is 13.2 Å². The molecule has 1 aliphatic carbocycles. The van der Waals surface area contributed by atoms with E-state index >= 15 is 0 Å². The van der Waals surface area contributed by atoms with Crippen molar-refractivity contribution in [3.8, 4) is 0 Å². The van der Waals surface area contributed by atoms with Crippen molar-refractivity contribution in [2.45, 2.75) is 53.5 Å². The topological polar surface area (TPSA) is 66.5 Å². The summed E-state index contributed by atoms with van der Waals surface area (Å²) in [6.45, 7) is 9.39. The molecule has 1 aliphatic rings. The Hall–Kier alpha value is -1.66. The Balaban J connectivity index is 2.03. The largest absolute Gasteiger partial charge is 0.341 e. The van der Waals surface area contributed by atoms with Gasteiger partial charge in [-0.15, -0.1) is 0 Å². The van der Waals surface area contributed by atoms with Crippen LogP contribution in [-0.2, 0) is 21.4 Å². The molecule has 0 aliphatic heterocycles. The number of nitrogens with zero attached hydrogens (tertiary/aromatic N) is 1. The number of sulfonamides is 1. The minimum atomic E-state index is -3.21. The molecule has 2 rings (SSSR count). The molecule has 0 spiro atoms. The Morgan fingerprint density at radius 2 is 1.90 bits per heavy atom. The number of benzene rings is 1. The molecule has 30 heavy (non-hydrogen) atoms. The van der Waals surface area contributed by atoms with E-state index in [-0.39, 0.29) is 23.5 Å². The van der Waals surface area contributed by atoms with Gasteiger partial charge in [-0.3, -0.25) is 4.79 Å². The molecule has 3 atom stereocenters. The Bertz CT molecular complexity index is 818. The van der Waals surface area contributed by atoms with Crippen LogP contribution < -0.4 is 4.72 Å². The average molecular weight is 435 g/mol. The maximum absolute atomic E-state index is 12.9. The van der Waals surface area contributed by atoms with Gasteiger partial charge in [0.25, 0.3) is 0 Å². The molecule has 1 aromatic carbocycles. The molecule has 0 radical (unpaired) electrons. The second-order valence-corrected chi connectivity index (χ2v) is 10.9. The van der Waals surface area contributed by atoms with E-state index in [2.05, 4.69) is 31.6 Å². The number of carbonyl (C=O) groups is 1. The smallest absolute Gasteiger partial charge is 0.223 e. The van der Waals surface area contributed by atoms with E-state index in [1.807, 2.05) is 44.3 Å². The lowest BCUT2D eigenvalue weighted by Crippen LogP contribution is -2.38. The average Bonchev–Trinajstić information content (AvgIpc) is 2.68. The first-order valence-electron chi connectivity index (χ1n) is 11.1. The van der Waals surface area contributed by atoms with Crippen LogP contribution >= 0.6 is 0 Å². The summed E-state index contributed by atoms with van der Waals surface area (Å²) in [5.41, 5.74) is 2.33. The first-order chi connectivity index (χ1) is 14.1. The van der Waals surface area contributed by atoms with Crippen LogP contribution in [0.15, 0.2) is 42.0 Å². The molecule has 0 saturated carbocycles. The fourth-order valence-corrected chi connectivity index (χ4v) is 5.51. The molecule has 0 aromatic heterocycles. The molecule has 0 fully saturated rings. The van der Waals surface area contributed by atoms with Gasteiger partial charge in [0, 0.05) is 26.6 Å².